The van der Waals surface area contributed by atoms with Crippen LogP contribution in [0.4, 0.5) is 0 Å². The zero-order valence-electron chi connectivity index (χ0n) is 16.4. The van der Waals surface area contributed by atoms with Gasteiger partial charge in [0.15, 0.2) is 0 Å². The van der Waals surface area contributed by atoms with Crippen LogP contribution >= 0.6 is 8.19 Å². The lowest BCUT2D eigenvalue weighted by Gasteiger charge is -2.22. The van der Waals surface area contributed by atoms with Crippen LogP contribution in [-0.2, 0) is 0 Å². The van der Waals surface area contributed by atoms with Crippen molar-refractivity contribution >= 4 is 8.19 Å². The lowest BCUT2D eigenvalue weighted by atomic mass is 9.87. The van der Waals surface area contributed by atoms with Gasteiger partial charge in [0.25, 0.3) is 0 Å². The minimum atomic E-state index is 0.363. The van der Waals surface area contributed by atoms with E-state index in [1.54, 1.807) is 0 Å². The molecule has 0 saturated heterocycles. The molecule has 0 saturated carbocycles. The van der Waals surface area contributed by atoms with E-state index in [9.17, 15) is 0 Å². The van der Waals surface area contributed by atoms with Gasteiger partial charge in [-0.3, -0.25) is 0 Å². The van der Waals surface area contributed by atoms with Crippen molar-refractivity contribution in [1.29, 1.82) is 0 Å². The molecule has 4 rings (SSSR count). The van der Waals surface area contributed by atoms with Crippen LogP contribution in [-0.4, -0.2) is 0 Å². The Morgan fingerprint density at radius 1 is 0.571 bits per heavy atom. The normalized spacial score (nSPS) is 13.4. The molecule has 3 aromatic carbocycles. The van der Waals surface area contributed by atoms with Crippen molar-refractivity contribution in [2.24, 2.45) is 0 Å². The summed E-state index contributed by atoms with van der Waals surface area (Å²) in [5, 5.41) is 1.50. The second-order valence-corrected chi connectivity index (χ2v) is 8.33. The van der Waals surface area contributed by atoms with Crippen LogP contribution in [0.5, 0.6) is 0 Å². The van der Waals surface area contributed by atoms with E-state index in [0.717, 1.165) is 0 Å². The van der Waals surface area contributed by atoms with Gasteiger partial charge in [-0.1, -0.05) is 113 Å². The Bertz CT molecular complexity index is 1020. The monoisotopic (exact) mass is 380 g/mol. The second-order valence-electron chi connectivity index (χ2n) is 7.33. The van der Waals surface area contributed by atoms with Gasteiger partial charge in [0, 0.05) is 11.8 Å². The summed E-state index contributed by atoms with van der Waals surface area (Å²) < 4.78 is 0. The van der Waals surface area contributed by atoms with Crippen LogP contribution in [0.25, 0.3) is 11.1 Å². The first kappa shape index (κ1) is 18.7. The van der Waals surface area contributed by atoms with E-state index in [1.807, 2.05) is 0 Å². The summed E-state index contributed by atoms with van der Waals surface area (Å²) in [7, 11) is 1.30. The third kappa shape index (κ3) is 3.93. The smallest absolute Gasteiger partial charge is 0.0107 e. The lowest BCUT2D eigenvalue weighted by Crippen LogP contribution is -2.04. The Morgan fingerprint density at radius 3 is 1.64 bits per heavy atom. The predicted octanol–water partition coefficient (Wildman–Crippen LogP) is 8.24. The molecule has 0 nitrogen and oxygen atoms in total. The molecule has 2 unspecified atom stereocenters. The fraction of sp³-hybridized carbons (Fsp3) is 0.148. The molecule has 0 aliphatic rings. The summed E-state index contributed by atoms with van der Waals surface area (Å²) in [4.78, 5) is 0. The maximum Gasteiger partial charge on any atom is 0.0107 e. The molecule has 0 N–H and O–H groups in total. The fourth-order valence-electron chi connectivity index (χ4n) is 3.81. The van der Waals surface area contributed by atoms with Gasteiger partial charge in [-0.2, -0.15) is 0 Å². The molecular weight excluding hydrogens is 355 g/mol. The number of hydrogen-bond donors (Lipinski definition) is 0. The first-order valence-corrected chi connectivity index (χ1v) is 10.9. The zero-order chi connectivity index (χ0) is 19.3. The molecule has 0 spiro atoms. The Labute approximate surface area is 170 Å². The Kier molecular flexibility index (Phi) is 5.70. The van der Waals surface area contributed by atoms with Crippen molar-refractivity contribution < 1.29 is 0 Å². The van der Waals surface area contributed by atoms with Crippen LogP contribution in [0.3, 0.4) is 0 Å². The standard InChI is InChI=1S/C27H25P/c1-20(22-12-6-3-7-13-22)26-18-25(24-16-10-5-11-17-24)19-28-27(26)21(2)23-14-8-4-9-15-23/h3-21H,1-2H3. The molecule has 0 bridgehead atoms. The van der Waals surface area contributed by atoms with Crippen molar-refractivity contribution in [2.45, 2.75) is 25.7 Å². The van der Waals surface area contributed by atoms with E-state index in [0.29, 0.717) is 11.8 Å². The van der Waals surface area contributed by atoms with Gasteiger partial charge in [-0.15, -0.1) is 0 Å². The van der Waals surface area contributed by atoms with Gasteiger partial charge in [0.2, 0.25) is 0 Å². The van der Waals surface area contributed by atoms with Gasteiger partial charge in [-0.05, 0) is 45.0 Å². The Hall–Kier alpha value is -2.69. The zero-order valence-corrected chi connectivity index (χ0v) is 17.3. The third-order valence-electron chi connectivity index (χ3n) is 5.53. The highest BCUT2D eigenvalue weighted by molar-refractivity contribution is 7.30. The summed E-state index contributed by atoms with van der Waals surface area (Å²) >= 11 is 0. The van der Waals surface area contributed by atoms with Crippen LogP contribution in [0.2, 0.25) is 0 Å². The van der Waals surface area contributed by atoms with Crippen LogP contribution < -0.4 is 0 Å². The fourth-order valence-corrected chi connectivity index (χ4v) is 5.09. The molecule has 1 heterocycles. The Balaban J connectivity index is 1.83. The average Bonchev–Trinajstić information content (AvgIpc) is 2.79. The van der Waals surface area contributed by atoms with E-state index in [1.165, 1.54) is 41.3 Å². The number of hydrogen-bond acceptors (Lipinski definition) is 0. The second kappa shape index (κ2) is 8.55. The molecule has 0 aliphatic heterocycles. The highest BCUT2D eigenvalue weighted by Gasteiger charge is 2.19. The molecule has 2 atom stereocenters. The van der Waals surface area contributed by atoms with Crippen molar-refractivity contribution in [3.05, 3.63) is 125 Å². The Morgan fingerprint density at radius 2 is 1.07 bits per heavy atom. The van der Waals surface area contributed by atoms with E-state index in [2.05, 4.69) is 117 Å². The van der Waals surface area contributed by atoms with Crippen molar-refractivity contribution in [1.82, 2.24) is 0 Å². The van der Waals surface area contributed by atoms with Gasteiger partial charge in [-0.25, -0.2) is 0 Å². The molecular formula is C27H25P. The summed E-state index contributed by atoms with van der Waals surface area (Å²) in [6.07, 6.45) is 0. The lowest BCUT2D eigenvalue weighted by molar-refractivity contribution is 0.861. The molecule has 0 fully saturated rings. The van der Waals surface area contributed by atoms with Gasteiger partial charge in [0.1, 0.15) is 0 Å². The summed E-state index contributed by atoms with van der Waals surface area (Å²) in [6.45, 7) is 4.67. The molecule has 1 aromatic heterocycles. The van der Waals surface area contributed by atoms with Crippen molar-refractivity contribution in [3.8, 4) is 11.1 Å². The van der Waals surface area contributed by atoms with E-state index in [-0.39, 0.29) is 0 Å². The molecule has 0 amide bonds. The quantitative estimate of drug-likeness (QED) is 0.327. The van der Waals surface area contributed by atoms with E-state index in [4.69, 9.17) is 0 Å². The predicted molar refractivity (Wildman–Crippen MR) is 122 cm³/mol. The van der Waals surface area contributed by atoms with Crippen molar-refractivity contribution in [2.75, 3.05) is 0 Å². The van der Waals surface area contributed by atoms with E-state index < -0.39 is 0 Å². The largest absolute Gasteiger partial charge is 0.0713 e. The highest BCUT2D eigenvalue weighted by atomic mass is 31.0. The SMILES string of the molecule is CC(c1ccccc1)c1cc(-c2ccccc2)cpc1C(C)c1ccccc1. The minimum absolute atomic E-state index is 0.363. The summed E-state index contributed by atoms with van der Waals surface area (Å²) in [5.41, 5.74) is 6.82. The van der Waals surface area contributed by atoms with Gasteiger partial charge < -0.3 is 0 Å². The van der Waals surface area contributed by atoms with E-state index >= 15 is 0 Å². The van der Waals surface area contributed by atoms with Crippen LogP contribution in [0.1, 0.15) is 47.7 Å². The molecule has 4 aromatic rings. The van der Waals surface area contributed by atoms with Crippen molar-refractivity contribution in [3.63, 3.8) is 0 Å². The molecule has 0 radical (unpaired) electrons. The summed E-state index contributed by atoms with van der Waals surface area (Å²) in [5.74, 6) is 3.13. The first-order valence-electron chi connectivity index (χ1n) is 9.89. The number of benzene rings is 3. The maximum absolute atomic E-state index is 2.41. The number of rotatable bonds is 5. The summed E-state index contributed by atoms with van der Waals surface area (Å²) in [6, 6.07) is 34.9. The average molecular weight is 380 g/mol. The minimum Gasteiger partial charge on any atom is -0.0713 e. The first-order chi connectivity index (χ1) is 13.7. The third-order valence-corrected chi connectivity index (χ3v) is 6.86. The van der Waals surface area contributed by atoms with Gasteiger partial charge in [0.05, 0.1) is 0 Å². The van der Waals surface area contributed by atoms with Crippen LogP contribution in [0, 0.1) is 0 Å². The molecule has 1 heteroatoms. The van der Waals surface area contributed by atoms with Gasteiger partial charge >= 0.3 is 0 Å². The molecule has 28 heavy (non-hydrogen) atoms. The highest BCUT2D eigenvalue weighted by Crippen LogP contribution is 2.41. The van der Waals surface area contributed by atoms with Crippen LogP contribution in [0.15, 0.2) is 103 Å². The maximum atomic E-state index is 2.41. The molecule has 138 valence electrons. The molecule has 0 aliphatic carbocycles. The topological polar surface area (TPSA) is 0 Å².